The number of rotatable bonds is 2. The Morgan fingerprint density at radius 3 is 2.76 bits per heavy atom. The SMILES string of the molecule is OC(/C1=C/CCCCCC1)c1cc(Cl)c2c(c1)OCCO2. The van der Waals surface area contributed by atoms with Gasteiger partial charge in [0.25, 0.3) is 0 Å². The molecule has 0 bridgehead atoms. The van der Waals surface area contributed by atoms with Crippen LogP contribution in [0.5, 0.6) is 11.5 Å². The molecule has 2 aliphatic rings. The molecule has 0 amide bonds. The van der Waals surface area contributed by atoms with E-state index in [9.17, 15) is 5.11 Å². The van der Waals surface area contributed by atoms with Gasteiger partial charge in [-0.25, -0.2) is 0 Å². The molecule has 1 aromatic rings. The second-order valence-corrected chi connectivity index (χ2v) is 6.07. The van der Waals surface area contributed by atoms with Crippen molar-refractivity contribution in [3.63, 3.8) is 0 Å². The van der Waals surface area contributed by atoms with Gasteiger partial charge in [-0.2, -0.15) is 0 Å². The highest BCUT2D eigenvalue weighted by molar-refractivity contribution is 6.32. The van der Waals surface area contributed by atoms with Crippen molar-refractivity contribution in [2.45, 2.75) is 44.6 Å². The van der Waals surface area contributed by atoms with Crippen molar-refractivity contribution in [1.29, 1.82) is 0 Å². The van der Waals surface area contributed by atoms with Crippen LogP contribution >= 0.6 is 11.6 Å². The Kier molecular flexibility index (Phi) is 4.71. The van der Waals surface area contributed by atoms with Crippen LogP contribution in [0.4, 0.5) is 0 Å². The lowest BCUT2D eigenvalue weighted by molar-refractivity contribution is 0.169. The summed E-state index contributed by atoms with van der Waals surface area (Å²) in [5.41, 5.74) is 1.89. The molecule has 0 saturated heterocycles. The van der Waals surface area contributed by atoms with Crippen molar-refractivity contribution in [2.24, 2.45) is 0 Å². The van der Waals surface area contributed by atoms with Gasteiger partial charge >= 0.3 is 0 Å². The minimum absolute atomic E-state index is 0.507. The molecule has 1 heterocycles. The molecule has 1 atom stereocenters. The number of allylic oxidation sites excluding steroid dienone is 1. The molecular weight excluding hydrogens is 288 g/mol. The fraction of sp³-hybridized carbons (Fsp3) is 0.529. The molecule has 114 valence electrons. The fourth-order valence-corrected chi connectivity index (χ4v) is 3.24. The highest BCUT2D eigenvalue weighted by Gasteiger charge is 2.21. The van der Waals surface area contributed by atoms with Gasteiger partial charge in [0.1, 0.15) is 19.3 Å². The zero-order valence-electron chi connectivity index (χ0n) is 12.1. The molecule has 3 nitrogen and oxygen atoms in total. The zero-order valence-corrected chi connectivity index (χ0v) is 12.9. The first-order valence-corrected chi connectivity index (χ1v) is 8.09. The van der Waals surface area contributed by atoms with E-state index in [0.29, 0.717) is 29.7 Å². The van der Waals surface area contributed by atoms with E-state index in [4.69, 9.17) is 21.1 Å². The lowest BCUT2D eigenvalue weighted by atomic mass is 9.92. The summed E-state index contributed by atoms with van der Waals surface area (Å²) in [5.74, 6) is 1.22. The summed E-state index contributed by atoms with van der Waals surface area (Å²) in [6, 6.07) is 3.64. The van der Waals surface area contributed by atoms with Gasteiger partial charge in [0.15, 0.2) is 11.5 Å². The number of aliphatic hydroxyl groups is 1. The Labute approximate surface area is 130 Å². The lowest BCUT2D eigenvalue weighted by Crippen LogP contribution is -2.16. The summed E-state index contributed by atoms with van der Waals surface area (Å²) < 4.78 is 11.1. The third-order valence-corrected chi connectivity index (χ3v) is 4.39. The largest absolute Gasteiger partial charge is 0.486 e. The predicted molar refractivity (Wildman–Crippen MR) is 83.2 cm³/mol. The number of hydrogen-bond acceptors (Lipinski definition) is 3. The van der Waals surface area contributed by atoms with Crippen molar-refractivity contribution < 1.29 is 14.6 Å². The Morgan fingerprint density at radius 2 is 1.86 bits per heavy atom. The summed E-state index contributed by atoms with van der Waals surface area (Å²) in [4.78, 5) is 0. The van der Waals surface area contributed by atoms with Crippen molar-refractivity contribution in [3.05, 3.63) is 34.4 Å². The molecule has 3 rings (SSSR count). The van der Waals surface area contributed by atoms with Crippen molar-refractivity contribution in [1.82, 2.24) is 0 Å². The maximum absolute atomic E-state index is 10.7. The second kappa shape index (κ2) is 6.71. The van der Waals surface area contributed by atoms with Gasteiger partial charge in [0, 0.05) is 0 Å². The first kappa shape index (κ1) is 14.7. The van der Waals surface area contributed by atoms with E-state index in [0.717, 1.165) is 30.4 Å². The topological polar surface area (TPSA) is 38.7 Å². The first-order valence-electron chi connectivity index (χ1n) is 7.72. The highest BCUT2D eigenvalue weighted by atomic mass is 35.5. The second-order valence-electron chi connectivity index (χ2n) is 5.66. The van der Waals surface area contributed by atoms with Crippen molar-refractivity contribution in [3.8, 4) is 11.5 Å². The Hall–Kier alpha value is -1.19. The van der Waals surface area contributed by atoms with Crippen LogP contribution in [-0.4, -0.2) is 18.3 Å². The Bertz CT molecular complexity index is 539. The molecule has 0 fully saturated rings. The summed E-state index contributed by atoms with van der Waals surface area (Å²) in [5, 5.41) is 11.2. The van der Waals surface area contributed by atoms with Crippen LogP contribution in [0, 0.1) is 0 Å². The zero-order chi connectivity index (χ0) is 14.7. The third-order valence-electron chi connectivity index (χ3n) is 4.11. The predicted octanol–water partition coefficient (Wildman–Crippen LogP) is 4.43. The van der Waals surface area contributed by atoms with Gasteiger partial charge in [-0.3, -0.25) is 0 Å². The number of hydrogen-bond donors (Lipinski definition) is 1. The van der Waals surface area contributed by atoms with Crippen molar-refractivity contribution in [2.75, 3.05) is 13.2 Å². The molecule has 21 heavy (non-hydrogen) atoms. The van der Waals surface area contributed by atoms with Crippen LogP contribution in [0.3, 0.4) is 0 Å². The molecule has 0 aromatic heterocycles. The van der Waals surface area contributed by atoms with E-state index in [2.05, 4.69) is 6.08 Å². The van der Waals surface area contributed by atoms with Gasteiger partial charge in [-0.1, -0.05) is 30.5 Å². The van der Waals surface area contributed by atoms with Gasteiger partial charge in [0.2, 0.25) is 0 Å². The molecule has 4 heteroatoms. The molecule has 0 spiro atoms. The Morgan fingerprint density at radius 1 is 1.05 bits per heavy atom. The van der Waals surface area contributed by atoms with Gasteiger partial charge in [-0.05, 0) is 49.0 Å². The molecule has 1 aliphatic heterocycles. The normalized spacial score (nSPS) is 22.7. The van der Waals surface area contributed by atoms with Gasteiger partial charge < -0.3 is 14.6 Å². The number of halogens is 1. The van der Waals surface area contributed by atoms with Crippen LogP contribution in [0.15, 0.2) is 23.8 Å². The van der Waals surface area contributed by atoms with Crippen LogP contribution in [0.25, 0.3) is 0 Å². The number of aliphatic hydroxyl groups excluding tert-OH is 1. The first-order chi connectivity index (χ1) is 10.3. The minimum atomic E-state index is -0.601. The number of ether oxygens (including phenoxy) is 2. The Balaban J connectivity index is 1.86. The summed E-state index contributed by atoms with van der Waals surface area (Å²) >= 11 is 6.25. The van der Waals surface area contributed by atoms with E-state index in [-0.39, 0.29) is 0 Å². The molecule has 1 aliphatic carbocycles. The average Bonchev–Trinajstić information content (AvgIpc) is 2.46. The molecule has 1 N–H and O–H groups in total. The molecule has 1 aromatic carbocycles. The van der Waals surface area contributed by atoms with Gasteiger partial charge in [0.05, 0.1) is 5.02 Å². The summed E-state index contributed by atoms with van der Waals surface area (Å²) in [6.45, 7) is 1.03. The van der Waals surface area contributed by atoms with E-state index in [1.165, 1.54) is 19.3 Å². The number of fused-ring (bicyclic) bond motifs is 1. The summed E-state index contributed by atoms with van der Waals surface area (Å²) in [6.07, 6.45) is 8.46. The highest BCUT2D eigenvalue weighted by Crippen LogP contribution is 2.41. The van der Waals surface area contributed by atoms with E-state index < -0.39 is 6.10 Å². The van der Waals surface area contributed by atoms with E-state index in [1.54, 1.807) is 6.07 Å². The number of benzene rings is 1. The minimum Gasteiger partial charge on any atom is -0.486 e. The van der Waals surface area contributed by atoms with Crippen LogP contribution in [0.2, 0.25) is 5.02 Å². The third kappa shape index (κ3) is 3.35. The maximum Gasteiger partial charge on any atom is 0.179 e. The standard InChI is InChI=1S/C17H21ClO3/c18-14-10-13(11-15-17(14)21-9-8-20-15)16(19)12-6-4-2-1-3-5-7-12/h6,10-11,16,19H,1-5,7-9H2/b12-6+. The quantitative estimate of drug-likeness (QED) is 0.822. The molecular formula is C17H21ClO3. The van der Waals surface area contributed by atoms with Gasteiger partial charge in [-0.15, -0.1) is 0 Å². The average molecular weight is 309 g/mol. The smallest absolute Gasteiger partial charge is 0.179 e. The van der Waals surface area contributed by atoms with E-state index in [1.807, 2.05) is 6.07 Å². The van der Waals surface area contributed by atoms with Crippen LogP contribution in [-0.2, 0) is 0 Å². The lowest BCUT2D eigenvalue weighted by Gasteiger charge is -2.23. The van der Waals surface area contributed by atoms with E-state index >= 15 is 0 Å². The molecule has 0 saturated carbocycles. The fourth-order valence-electron chi connectivity index (χ4n) is 2.97. The van der Waals surface area contributed by atoms with Crippen LogP contribution in [0.1, 0.15) is 50.2 Å². The molecule has 1 unspecified atom stereocenters. The maximum atomic E-state index is 10.7. The van der Waals surface area contributed by atoms with Crippen LogP contribution < -0.4 is 9.47 Å². The summed E-state index contributed by atoms with van der Waals surface area (Å²) in [7, 11) is 0. The van der Waals surface area contributed by atoms with Crippen molar-refractivity contribution >= 4 is 11.6 Å². The monoisotopic (exact) mass is 308 g/mol. The molecule has 0 radical (unpaired) electrons.